The second-order valence-corrected chi connectivity index (χ2v) is 4.93. The van der Waals surface area contributed by atoms with E-state index >= 15 is 0 Å². The molecule has 0 amide bonds. The average molecular weight is 283 g/mol. The predicted molar refractivity (Wildman–Crippen MR) is 76.6 cm³/mol. The SMILES string of the molecule is Cc1ccc2c(C(=O)c3nc[nH]c3C(=O)O)cn(C)c2c1. The maximum atomic E-state index is 12.6. The Bertz CT molecular complexity index is 874. The topological polar surface area (TPSA) is 88.0 Å². The molecule has 0 aliphatic rings. The fourth-order valence-corrected chi connectivity index (χ4v) is 2.43. The number of aryl methyl sites for hydroxylation is 2. The first-order valence-corrected chi connectivity index (χ1v) is 6.36. The number of carboxylic acid groups (broad SMARTS) is 1. The van der Waals surface area contributed by atoms with Crippen LogP contribution >= 0.6 is 0 Å². The van der Waals surface area contributed by atoms with Crippen molar-refractivity contribution in [3.63, 3.8) is 0 Å². The van der Waals surface area contributed by atoms with Gasteiger partial charge in [0, 0.05) is 29.7 Å². The lowest BCUT2D eigenvalue weighted by molar-refractivity contribution is 0.0687. The Balaban J connectivity index is 2.19. The smallest absolute Gasteiger partial charge is 0.354 e. The van der Waals surface area contributed by atoms with Crippen molar-refractivity contribution < 1.29 is 14.7 Å². The van der Waals surface area contributed by atoms with Gasteiger partial charge in [-0.1, -0.05) is 12.1 Å². The van der Waals surface area contributed by atoms with Gasteiger partial charge in [-0.05, 0) is 18.6 Å². The van der Waals surface area contributed by atoms with Crippen LogP contribution in [-0.4, -0.2) is 31.4 Å². The summed E-state index contributed by atoms with van der Waals surface area (Å²) in [4.78, 5) is 30.0. The molecule has 0 aliphatic carbocycles. The lowest BCUT2D eigenvalue weighted by Crippen LogP contribution is -2.09. The number of hydrogen-bond acceptors (Lipinski definition) is 3. The molecule has 0 aliphatic heterocycles. The molecule has 2 aromatic heterocycles. The molecule has 0 saturated heterocycles. The van der Waals surface area contributed by atoms with E-state index in [1.165, 1.54) is 6.33 Å². The number of carbonyl (C=O) groups excluding carboxylic acids is 1. The maximum absolute atomic E-state index is 12.6. The van der Waals surface area contributed by atoms with Crippen LogP contribution in [0.25, 0.3) is 10.9 Å². The number of aromatic carboxylic acids is 1. The van der Waals surface area contributed by atoms with Crippen molar-refractivity contribution in [3.8, 4) is 0 Å². The van der Waals surface area contributed by atoms with E-state index in [2.05, 4.69) is 9.97 Å². The monoisotopic (exact) mass is 283 g/mol. The second kappa shape index (κ2) is 4.59. The Morgan fingerprint density at radius 1 is 1.33 bits per heavy atom. The molecule has 106 valence electrons. The number of fused-ring (bicyclic) bond motifs is 1. The normalized spacial score (nSPS) is 11.0. The van der Waals surface area contributed by atoms with Crippen LogP contribution in [0, 0.1) is 6.92 Å². The van der Waals surface area contributed by atoms with E-state index in [1.807, 2.05) is 36.7 Å². The highest BCUT2D eigenvalue weighted by Gasteiger charge is 2.23. The summed E-state index contributed by atoms with van der Waals surface area (Å²) < 4.78 is 1.85. The van der Waals surface area contributed by atoms with E-state index in [-0.39, 0.29) is 11.4 Å². The molecule has 6 nitrogen and oxygen atoms in total. The summed E-state index contributed by atoms with van der Waals surface area (Å²) in [5, 5.41) is 9.86. The van der Waals surface area contributed by atoms with Crippen LogP contribution in [0.3, 0.4) is 0 Å². The van der Waals surface area contributed by atoms with Crippen molar-refractivity contribution in [1.29, 1.82) is 0 Å². The number of rotatable bonds is 3. The van der Waals surface area contributed by atoms with E-state index in [4.69, 9.17) is 5.11 Å². The molecule has 3 aromatic rings. The highest BCUT2D eigenvalue weighted by atomic mass is 16.4. The molecule has 0 bridgehead atoms. The second-order valence-electron chi connectivity index (χ2n) is 4.93. The molecule has 2 heterocycles. The molecule has 0 radical (unpaired) electrons. The van der Waals surface area contributed by atoms with Gasteiger partial charge in [0.1, 0.15) is 5.69 Å². The zero-order valence-corrected chi connectivity index (χ0v) is 11.5. The van der Waals surface area contributed by atoms with Gasteiger partial charge in [-0.25, -0.2) is 9.78 Å². The number of ketones is 1. The number of carboxylic acids is 1. The quantitative estimate of drug-likeness (QED) is 0.721. The lowest BCUT2D eigenvalue weighted by atomic mass is 10.0. The Labute approximate surface area is 120 Å². The molecule has 2 N–H and O–H groups in total. The number of nitrogens with zero attached hydrogens (tertiary/aromatic N) is 2. The van der Waals surface area contributed by atoms with Crippen LogP contribution in [0.2, 0.25) is 0 Å². The number of benzene rings is 1. The van der Waals surface area contributed by atoms with E-state index in [0.717, 1.165) is 16.5 Å². The minimum Gasteiger partial charge on any atom is -0.477 e. The van der Waals surface area contributed by atoms with E-state index in [9.17, 15) is 9.59 Å². The number of nitrogens with one attached hydrogen (secondary N) is 1. The third-order valence-electron chi connectivity index (χ3n) is 3.46. The Morgan fingerprint density at radius 2 is 2.10 bits per heavy atom. The summed E-state index contributed by atoms with van der Waals surface area (Å²) in [6.45, 7) is 1.98. The summed E-state index contributed by atoms with van der Waals surface area (Å²) in [5.74, 6) is -1.60. The van der Waals surface area contributed by atoms with Crippen molar-refractivity contribution in [2.24, 2.45) is 7.05 Å². The van der Waals surface area contributed by atoms with Crippen molar-refractivity contribution in [3.05, 3.63) is 53.2 Å². The Hall–Kier alpha value is -2.89. The van der Waals surface area contributed by atoms with E-state index in [0.29, 0.717) is 5.56 Å². The van der Waals surface area contributed by atoms with Crippen LogP contribution in [-0.2, 0) is 7.05 Å². The third-order valence-corrected chi connectivity index (χ3v) is 3.46. The van der Waals surface area contributed by atoms with Gasteiger partial charge in [0.25, 0.3) is 0 Å². The minimum absolute atomic E-state index is 0.0735. The molecule has 21 heavy (non-hydrogen) atoms. The van der Waals surface area contributed by atoms with Crippen molar-refractivity contribution in [2.75, 3.05) is 0 Å². The first-order chi connectivity index (χ1) is 9.99. The van der Waals surface area contributed by atoms with E-state index in [1.54, 1.807) is 6.20 Å². The first kappa shape index (κ1) is 13.1. The summed E-state index contributed by atoms with van der Waals surface area (Å²) in [5.41, 5.74) is 2.20. The zero-order chi connectivity index (χ0) is 15.1. The lowest BCUT2D eigenvalue weighted by Gasteiger charge is -1.99. The molecular formula is C15H13N3O3. The number of hydrogen-bond donors (Lipinski definition) is 2. The maximum Gasteiger partial charge on any atom is 0.354 e. The van der Waals surface area contributed by atoms with Crippen molar-refractivity contribution >= 4 is 22.7 Å². The highest BCUT2D eigenvalue weighted by molar-refractivity contribution is 6.18. The number of carbonyl (C=O) groups is 2. The van der Waals surface area contributed by atoms with E-state index < -0.39 is 11.8 Å². The van der Waals surface area contributed by atoms with Crippen molar-refractivity contribution in [1.82, 2.24) is 14.5 Å². The molecular weight excluding hydrogens is 270 g/mol. The first-order valence-electron chi connectivity index (χ1n) is 6.36. The van der Waals surface area contributed by atoms with Gasteiger partial charge in [0.2, 0.25) is 5.78 Å². The Morgan fingerprint density at radius 3 is 2.81 bits per heavy atom. The molecule has 0 unspecified atom stereocenters. The largest absolute Gasteiger partial charge is 0.477 e. The summed E-state index contributed by atoms with van der Waals surface area (Å²) in [6, 6.07) is 5.77. The summed E-state index contributed by atoms with van der Waals surface area (Å²) in [6.07, 6.45) is 2.92. The number of aromatic amines is 1. The molecule has 6 heteroatoms. The van der Waals surface area contributed by atoms with Gasteiger partial charge in [0.05, 0.1) is 6.33 Å². The average Bonchev–Trinajstić information content (AvgIpc) is 3.04. The predicted octanol–water partition coefficient (Wildman–Crippen LogP) is 2.14. The standard InChI is InChI=1S/C15H13N3O3/c1-8-3-4-9-10(6-18(2)11(9)5-8)14(19)12-13(15(20)21)17-7-16-12/h3-7H,1-2H3,(H,16,17)(H,20,21). The van der Waals surface area contributed by atoms with Crippen LogP contribution in [0.4, 0.5) is 0 Å². The van der Waals surface area contributed by atoms with Gasteiger partial charge in [-0.2, -0.15) is 0 Å². The fourth-order valence-electron chi connectivity index (χ4n) is 2.43. The Kier molecular flexibility index (Phi) is 2.86. The van der Waals surface area contributed by atoms with Crippen LogP contribution in [0.15, 0.2) is 30.7 Å². The molecule has 0 fully saturated rings. The van der Waals surface area contributed by atoms with Crippen molar-refractivity contribution in [2.45, 2.75) is 6.92 Å². The molecule has 0 spiro atoms. The van der Waals surface area contributed by atoms with Gasteiger partial charge in [-0.15, -0.1) is 0 Å². The van der Waals surface area contributed by atoms with Crippen LogP contribution in [0.5, 0.6) is 0 Å². The van der Waals surface area contributed by atoms with Crippen LogP contribution < -0.4 is 0 Å². The zero-order valence-electron chi connectivity index (χ0n) is 11.5. The number of imidazole rings is 1. The van der Waals surface area contributed by atoms with Gasteiger partial charge in [-0.3, -0.25) is 4.79 Å². The molecule has 0 saturated carbocycles. The highest BCUT2D eigenvalue weighted by Crippen LogP contribution is 2.24. The molecule has 3 rings (SSSR count). The van der Waals surface area contributed by atoms with Gasteiger partial charge < -0.3 is 14.7 Å². The van der Waals surface area contributed by atoms with Crippen LogP contribution in [0.1, 0.15) is 32.1 Å². The number of aromatic nitrogens is 3. The van der Waals surface area contributed by atoms with Gasteiger partial charge >= 0.3 is 5.97 Å². The molecule has 0 atom stereocenters. The minimum atomic E-state index is -1.20. The molecule has 1 aromatic carbocycles. The fraction of sp³-hybridized carbons (Fsp3) is 0.133. The third kappa shape index (κ3) is 2.01. The van der Waals surface area contributed by atoms with Gasteiger partial charge in [0.15, 0.2) is 5.69 Å². The summed E-state index contributed by atoms with van der Waals surface area (Å²) >= 11 is 0. The summed E-state index contributed by atoms with van der Waals surface area (Å²) in [7, 11) is 1.85. The number of H-pyrrole nitrogens is 1.